The fourth-order valence-electron chi connectivity index (χ4n) is 6.16. The van der Waals surface area contributed by atoms with Crippen LogP contribution >= 0.6 is 0 Å². The van der Waals surface area contributed by atoms with Gasteiger partial charge in [0.1, 0.15) is 12.4 Å². The van der Waals surface area contributed by atoms with E-state index in [9.17, 15) is 31.4 Å². The third-order valence-corrected chi connectivity index (χ3v) is 8.00. The minimum absolute atomic E-state index is 0.00301. The number of nitrogens with one attached hydrogen (secondary N) is 1. The second kappa shape index (κ2) is 9.92. The summed E-state index contributed by atoms with van der Waals surface area (Å²) in [6.45, 7) is 3.56. The molecular weight excluding hydrogens is 540 g/mol. The van der Waals surface area contributed by atoms with Crippen molar-refractivity contribution in [2.45, 2.75) is 81.2 Å². The van der Waals surface area contributed by atoms with Crippen LogP contribution in [0.3, 0.4) is 0 Å². The molecule has 2 fully saturated rings. The SMILES string of the molecule is CO[C@]1(c2ccc(C(F)(F)F)cc2)C[C@@H](COc2cc(C(F)(F)F)c3c(c2)ncn3C2CC(C)(O)C2)N[C@@H](C)C1. The van der Waals surface area contributed by atoms with E-state index >= 15 is 0 Å². The number of imidazole rings is 1. The molecule has 0 amide bonds. The third-order valence-electron chi connectivity index (χ3n) is 8.00. The summed E-state index contributed by atoms with van der Waals surface area (Å²) >= 11 is 0. The smallest absolute Gasteiger partial charge is 0.418 e. The van der Waals surface area contributed by atoms with E-state index in [2.05, 4.69) is 10.3 Å². The number of hydrogen-bond acceptors (Lipinski definition) is 5. The molecule has 40 heavy (non-hydrogen) atoms. The van der Waals surface area contributed by atoms with E-state index < -0.39 is 34.7 Å². The predicted octanol–water partition coefficient (Wildman–Crippen LogP) is 6.22. The van der Waals surface area contributed by atoms with E-state index in [0.29, 0.717) is 31.2 Å². The summed E-state index contributed by atoms with van der Waals surface area (Å²) in [6.07, 6.45) is -6.26. The van der Waals surface area contributed by atoms with Gasteiger partial charge in [-0.1, -0.05) is 12.1 Å². The van der Waals surface area contributed by atoms with Gasteiger partial charge in [0.15, 0.2) is 0 Å². The Morgan fingerprint density at radius 2 is 1.70 bits per heavy atom. The number of hydrogen-bond donors (Lipinski definition) is 2. The van der Waals surface area contributed by atoms with Crippen LogP contribution in [0.25, 0.3) is 11.0 Å². The first kappa shape index (κ1) is 28.7. The molecule has 2 N–H and O–H groups in total. The average Bonchev–Trinajstić information content (AvgIpc) is 3.27. The van der Waals surface area contributed by atoms with Crippen molar-refractivity contribution in [1.29, 1.82) is 0 Å². The number of halogens is 6. The number of benzene rings is 2. The molecular formula is C28H31F6N3O3. The molecule has 1 aromatic heterocycles. The van der Waals surface area contributed by atoms with Crippen LogP contribution in [-0.4, -0.2) is 46.1 Å². The zero-order valence-corrected chi connectivity index (χ0v) is 22.2. The van der Waals surface area contributed by atoms with Gasteiger partial charge in [0.05, 0.1) is 39.7 Å². The Morgan fingerprint density at radius 3 is 2.27 bits per heavy atom. The van der Waals surface area contributed by atoms with Crippen LogP contribution < -0.4 is 10.1 Å². The average molecular weight is 572 g/mol. The summed E-state index contributed by atoms with van der Waals surface area (Å²) in [4.78, 5) is 4.20. The molecule has 0 radical (unpaired) electrons. The molecule has 1 aliphatic heterocycles. The number of methoxy groups -OCH3 is 1. The summed E-state index contributed by atoms with van der Waals surface area (Å²) in [7, 11) is 1.50. The van der Waals surface area contributed by atoms with Crippen molar-refractivity contribution in [3.05, 3.63) is 59.4 Å². The normalized spacial score (nSPS) is 29.4. The molecule has 5 rings (SSSR count). The Morgan fingerprint density at radius 1 is 1.02 bits per heavy atom. The third kappa shape index (κ3) is 5.53. The number of fused-ring (bicyclic) bond motifs is 1. The highest BCUT2D eigenvalue weighted by atomic mass is 19.4. The zero-order valence-electron chi connectivity index (χ0n) is 22.2. The molecule has 1 saturated carbocycles. The van der Waals surface area contributed by atoms with Crippen molar-refractivity contribution in [3.8, 4) is 5.75 Å². The van der Waals surface area contributed by atoms with Gasteiger partial charge in [-0.25, -0.2) is 4.98 Å². The van der Waals surface area contributed by atoms with Crippen LogP contribution in [-0.2, 0) is 22.7 Å². The second-order valence-corrected chi connectivity index (χ2v) is 11.3. The van der Waals surface area contributed by atoms with E-state index in [0.717, 1.165) is 18.2 Å². The van der Waals surface area contributed by atoms with E-state index in [1.807, 2.05) is 6.92 Å². The summed E-state index contributed by atoms with van der Waals surface area (Å²) in [6, 6.07) is 6.53. The predicted molar refractivity (Wildman–Crippen MR) is 135 cm³/mol. The van der Waals surface area contributed by atoms with Crippen LogP contribution in [0.4, 0.5) is 26.3 Å². The van der Waals surface area contributed by atoms with Crippen LogP contribution in [0.5, 0.6) is 5.75 Å². The van der Waals surface area contributed by atoms with Gasteiger partial charge in [-0.2, -0.15) is 26.3 Å². The minimum atomic E-state index is -4.66. The topological polar surface area (TPSA) is 68.5 Å². The number of nitrogens with zero attached hydrogens (tertiary/aromatic N) is 2. The van der Waals surface area contributed by atoms with Gasteiger partial charge in [0.2, 0.25) is 0 Å². The Kier molecular flexibility index (Phi) is 7.11. The van der Waals surface area contributed by atoms with Crippen molar-refractivity contribution in [1.82, 2.24) is 14.9 Å². The summed E-state index contributed by atoms with van der Waals surface area (Å²) in [5.74, 6) is 0.00301. The Balaban J connectivity index is 1.37. The molecule has 2 aliphatic rings. The van der Waals surface area contributed by atoms with Crippen molar-refractivity contribution < 1.29 is 40.9 Å². The molecule has 2 heterocycles. The first-order valence-corrected chi connectivity index (χ1v) is 13.0. The fraction of sp³-hybridized carbons (Fsp3) is 0.536. The summed E-state index contributed by atoms with van der Waals surface area (Å²) in [5, 5.41) is 13.4. The monoisotopic (exact) mass is 571 g/mol. The van der Waals surface area contributed by atoms with E-state index in [-0.39, 0.29) is 41.5 Å². The van der Waals surface area contributed by atoms with Crippen LogP contribution in [0.1, 0.15) is 62.3 Å². The number of piperidine rings is 1. The van der Waals surface area contributed by atoms with Crippen LogP contribution in [0.2, 0.25) is 0 Å². The van der Waals surface area contributed by atoms with Gasteiger partial charge in [0, 0.05) is 31.3 Å². The molecule has 0 bridgehead atoms. The first-order valence-electron chi connectivity index (χ1n) is 13.0. The molecule has 3 atom stereocenters. The van der Waals surface area contributed by atoms with Crippen molar-refractivity contribution in [2.75, 3.05) is 13.7 Å². The standard InChI is InChI=1S/C28H31F6N3O3/c1-16-10-26(39-3,17-4-6-18(7-5-17)27(29,30)31)11-19(36-16)14-40-21-8-22(28(32,33)34)24-23(9-21)35-15-37(24)20-12-25(2,38)13-20/h4-9,15-16,19-20,36,38H,10-14H2,1-3H3/t16-,19-,20?,25?,26-/m0/s1. The molecule has 1 aliphatic carbocycles. The van der Waals surface area contributed by atoms with Gasteiger partial charge in [0.25, 0.3) is 0 Å². The lowest BCUT2D eigenvalue weighted by molar-refractivity contribution is -0.138. The highest BCUT2D eigenvalue weighted by Crippen LogP contribution is 2.45. The Labute approximate surface area is 227 Å². The van der Waals surface area contributed by atoms with E-state index in [4.69, 9.17) is 9.47 Å². The molecule has 12 heteroatoms. The highest BCUT2D eigenvalue weighted by Gasteiger charge is 2.43. The maximum Gasteiger partial charge on any atom is 0.418 e. The summed E-state index contributed by atoms with van der Waals surface area (Å²) < 4.78 is 94.8. The lowest BCUT2D eigenvalue weighted by atomic mass is 9.77. The van der Waals surface area contributed by atoms with Gasteiger partial charge < -0.3 is 24.5 Å². The first-order chi connectivity index (χ1) is 18.6. The van der Waals surface area contributed by atoms with Gasteiger partial charge in [-0.15, -0.1) is 0 Å². The lowest BCUT2D eigenvalue weighted by Crippen LogP contribution is -2.53. The fourth-order valence-corrected chi connectivity index (χ4v) is 6.16. The van der Waals surface area contributed by atoms with Crippen molar-refractivity contribution in [3.63, 3.8) is 0 Å². The largest absolute Gasteiger partial charge is 0.492 e. The molecule has 1 saturated heterocycles. The van der Waals surface area contributed by atoms with Crippen LogP contribution in [0.15, 0.2) is 42.7 Å². The highest BCUT2D eigenvalue weighted by molar-refractivity contribution is 5.82. The Hall–Kier alpha value is -2.83. The molecule has 0 spiro atoms. The second-order valence-electron chi connectivity index (χ2n) is 11.3. The maximum absolute atomic E-state index is 14.1. The van der Waals surface area contributed by atoms with Gasteiger partial charge in [-0.3, -0.25) is 0 Å². The number of aromatic nitrogens is 2. The maximum atomic E-state index is 14.1. The van der Waals surface area contributed by atoms with Crippen molar-refractivity contribution in [2.24, 2.45) is 0 Å². The van der Waals surface area contributed by atoms with Crippen molar-refractivity contribution >= 4 is 11.0 Å². The van der Waals surface area contributed by atoms with E-state index in [1.165, 1.54) is 36.2 Å². The minimum Gasteiger partial charge on any atom is -0.492 e. The molecule has 6 nitrogen and oxygen atoms in total. The quantitative estimate of drug-likeness (QED) is 0.344. The zero-order chi connectivity index (χ0) is 29.1. The molecule has 218 valence electrons. The molecule has 2 aromatic carbocycles. The number of aliphatic hydroxyl groups is 1. The van der Waals surface area contributed by atoms with Gasteiger partial charge >= 0.3 is 12.4 Å². The lowest BCUT2D eigenvalue weighted by Gasteiger charge is -2.44. The number of rotatable bonds is 6. The summed E-state index contributed by atoms with van der Waals surface area (Å²) in [5.41, 5.74) is -2.77. The molecule has 0 unspecified atom stereocenters. The van der Waals surface area contributed by atoms with Crippen LogP contribution in [0, 0.1) is 0 Å². The van der Waals surface area contributed by atoms with Gasteiger partial charge in [-0.05, 0) is 63.3 Å². The van der Waals surface area contributed by atoms with E-state index in [1.54, 1.807) is 6.92 Å². The molecule has 3 aromatic rings. The number of ether oxygens (including phenoxy) is 2. The number of alkyl halides is 6. The Bertz CT molecular complexity index is 1360.